The summed E-state index contributed by atoms with van der Waals surface area (Å²) >= 11 is 0. The van der Waals surface area contributed by atoms with Crippen LogP contribution < -0.4 is 20.1 Å². The molecule has 1 aromatic heterocycles. The lowest BCUT2D eigenvalue weighted by Gasteiger charge is -2.29. The molecule has 0 saturated heterocycles. The molecule has 2 N–H and O–H groups in total. The number of methoxy groups -OCH3 is 1. The molecule has 0 aliphatic carbocycles. The maximum atomic E-state index is 13.6. The van der Waals surface area contributed by atoms with E-state index in [0.29, 0.717) is 46.8 Å². The van der Waals surface area contributed by atoms with E-state index < -0.39 is 6.04 Å². The number of ether oxygens (including phenoxy) is 2. The molecule has 8 heteroatoms. The molecule has 36 heavy (non-hydrogen) atoms. The third-order valence-electron chi connectivity index (χ3n) is 5.96. The predicted octanol–water partition coefficient (Wildman–Crippen LogP) is 5.28. The lowest BCUT2D eigenvalue weighted by molar-refractivity contribution is -0.113. The zero-order chi connectivity index (χ0) is 25.1. The number of aromatic nitrogens is 3. The van der Waals surface area contributed by atoms with Crippen molar-refractivity contribution in [3.05, 3.63) is 95.7 Å². The van der Waals surface area contributed by atoms with Crippen LogP contribution in [0.1, 0.15) is 25.5 Å². The van der Waals surface area contributed by atoms with Crippen molar-refractivity contribution in [3.8, 4) is 22.9 Å². The molecule has 0 unspecified atom stereocenters. The van der Waals surface area contributed by atoms with E-state index in [1.807, 2.05) is 92.7 Å². The molecule has 5 rings (SSSR count). The van der Waals surface area contributed by atoms with Crippen molar-refractivity contribution in [2.24, 2.45) is 0 Å². The number of carbonyl (C=O) groups excluding carboxylic acids is 1. The minimum absolute atomic E-state index is 0.230. The van der Waals surface area contributed by atoms with Crippen LogP contribution in [0.15, 0.2) is 90.1 Å². The summed E-state index contributed by atoms with van der Waals surface area (Å²) in [4.78, 5) is 18.4. The highest BCUT2D eigenvalue weighted by Gasteiger charge is 2.35. The van der Waals surface area contributed by atoms with Gasteiger partial charge in [0.1, 0.15) is 6.04 Å². The molecular formula is C28H27N5O3. The molecule has 0 saturated carbocycles. The number of para-hydroxylation sites is 1. The Bertz CT molecular complexity index is 1410. The van der Waals surface area contributed by atoms with E-state index in [-0.39, 0.29) is 5.91 Å². The number of nitrogens with zero attached hydrogens (tertiary/aromatic N) is 3. The number of amides is 1. The number of nitrogens with one attached hydrogen (secondary N) is 2. The van der Waals surface area contributed by atoms with E-state index in [1.54, 1.807) is 11.8 Å². The summed E-state index contributed by atoms with van der Waals surface area (Å²) in [6, 6.07) is 24.3. The molecule has 0 bridgehead atoms. The fraction of sp³-hybridized carbons (Fsp3) is 0.179. The van der Waals surface area contributed by atoms with E-state index in [0.717, 1.165) is 11.1 Å². The van der Waals surface area contributed by atoms with Crippen molar-refractivity contribution in [2.75, 3.05) is 24.4 Å². The van der Waals surface area contributed by atoms with Crippen LogP contribution in [0.2, 0.25) is 0 Å². The molecule has 0 radical (unpaired) electrons. The smallest absolute Gasteiger partial charge is 0.255 e. The molecule has 2 heterocycles. The highest BCUT2D eigenvalue weighted by Crippen LogP contribution is 2.39. The van der Waals surface area contributed by atoms with Crippen LogP contribution in [-0.4, -0.2) is 34.4 Å². The molecule has 3 aromatic carbocycles. The summed E-state index contributed by atoms with van der Waals surface area (Å²) in [6.45, 7) is 4.31. The standard InChI is InChI=1S/C28H27N5O3/c1-4-36-22-16-15-20(17-23(22)35-3)25-24(27(34)30-21-13-9-6-10-14-21)18(2)29-28-31-26(32-33(25)28)19-11-7-5-8-12-19/h5-17,25H,4H2,1-3H3,(H,30,34)(H,29,31,32)/t25-/m0/s1. The van der Waals surface area contributed by atoms with E-state index in [2.05, 4.69) is 10.6 Å². The Morgan fingerprint density at radius 2 is 1.75 bits per heavy atom. The summed E-state index contributed by atoms with van der Waals surface area (Å²) < 4.78 is 13.1. The number of allylic oxidation sites excluding steroid dienone is 1. The Hall–Kier alpha value is -4.59. The number of carbonyl (C=O) groups is 1. The normalized spacial score (nSPS) is 14.6. The summed E-state index contributed by atoms with van der Waals surface area (Å²) in [6.07, 6.45) is 0. The third kappa shape index (κ3) is 4.40. The maximum Gasteiger partial charge on any atom is 0.255 e. The molecule has 1 atom stereocenters. The number of anilines is 2. The molecule has 4 aromatic rings. The second-order valence-corrected chi connectivity index (χ2v) is 8.30. The quantitative estimate of drug-likeness (QED) is 0.373. The fourth-order valence-electron chi connectivity index (χ4n) is 4.31. The van der Waals surface area contributed by atoms with Crippen LogP contribution in [0.5, 0.6) is 11.5 Å². The monoisotopic (exact) mass is 481 g/mol. The van der Waals surface area contributed by atoms with Gasteiger partial charge in [0.25, 0.3) is 5.91 Å². The Balaban J connectivity index is 1.63. The zero-order valence-corrected chi connectivity index (χ0v) is 20.4. The molecule has 182 valence electrons. The maximum absolute atomic E-state index is 13.6. The van der Waals surface area contributed by atoms with Crippen molar-refractivity contribution in [3.63, 3.8) is 0 Å². The molecule has 1 aliphatic rings. The Kier molecular flexibility index (Phi) is 6.40. The molecule has 1 aliphatic heterocycles. The summed E-state index contributed by atoms with van der Waals surface area (Å²) in [7, 11) is 1.60. The van der Waals surface area contributed by atoms with Gasteiger partial charge in [-0.05, 0) is 43.7 Å². The minimum Gasteiger partial charge on any atom is -0.493 e. The first-order valence-corrected chi connectivity index (χ1v) is 11.8. The largest absolute Gasteiger partial charge is 0.493 e. The average Bonchev–Trinajstić information content (AvgIpc) is 3.33. The highest BCUT2D eigenvalue weighted by atomic mass is 16.5. The van der Waals surface area contributed by atoms with Gasteiger partial charge in [0, 0.05) is 16.9 Å². The van der Waals surface area contributed by atoms with Gasteiger partial charge in [-0.15, -0.1) is 5.10 Å². The molecule has 8 nitrogen and oxygen atoms in total. The second-order valence-electron chi connectivity index (χ2n) is 8.30. The van der Waals surface area contributed by atoms with Gasteiger partial charge in [-0.1, -0.05) is 54.6 Å². The minimum atomic E-state index is -0.542. The first-order valence-electron chi connectivity index (χ1n) is 11.8. The van der Waals surface area contributed by atoms with E-state index in [9.17, 15) is 4.79 Å². The predicted molar refractivity (Wildman–Crippen MR) is 139 cm³/mol. The van der Waals surface area contributed by atoms with Gasteiger partial charge in [0.05, 0.1) is 19.3 Å². The van der Waals surface area contributed by atoms with E-state index in [1.165, 1.54) is 0 Å². The first-order chi connectivity index (χ1) is 17.6. The topological polar surface area (TPSA) is 90.3 Å². The number of hydrogen-bond donors (Lipinski definition) is 2. The number of fused-ring (bicyclic) bond motifs is 1. The molecule has 1 amide bonds. The van der Waals surface area contributed by atoms with Crippen molar-refractivity contribution >= 4 is 17.5 Å². The summed E-state index contributed by atoms with van der Waals surface area (Å²) in [5.41, 5.74) is 3.64. The van der Waals surface area contributed by atoms with E-state index >= 15 is 0 Å². The lowest BCUT2D eigenvalue weighted by atomic mass is 9.94. The zero-order valence-electron chi connectivity index (χ0n) is 20.4. The first kappa shape index (κ1) is 23.2. The van der Waals surface area contributed by atoms with Crippen molar-refractivity contribution in [2.45, 2.75) is 19.9 Å². The van der Waals surface area contributed by atoms with E-state index in [4.69, 9.17) is 19.6 Å². The SMILES string of the molecule is CCOc1ccc([C@H]2C(C(=O)Nc3ccccc3)=C(C)Nc3nc(-c4ccccc4)nn32)cc1OC. The number of hydrogen-bond acceptors (Lipinski definition) is 6. The van der Waals surface area contributed by atoms with Crippen LogP contribution in [0.3, 0.4) is 0 Å². The molecule has 0 fully saturated rings. The number of rotatable bonds is 7. The van der Waals surface area contributed by atoms with Gasteiger partial charge in [-0.25, -0.2) is 4.68 Å². The van der Waals surface area contributed by atoms with Crippen LogP contribution in [0.25, 0.3) is 11.4 Å². The van der Waals surface area contributed by atoms with Crippen LogP contribution in [0, 0.1) is 0 Å². The summed E-state index contributed by atoms with van der Waals surface area (Å²) in [5, 5.41) is 11.1. The Morgan fingerprint density at radius 3 is 2.44 bits per heavy atom. The van der Waals surface area contributed by atoms with Crippen molar-refractivity contribution < 1.29 is 14.3 Å². The van der Waals surface area contributed by atoms with Gasteiger partial charge in [-0.3, -0.25) is 4.79 Å². The number of benzene rings is 3. The fourth-order valence-corrected chi connectivity index (χ4v) is 4.31. The van der Waals surface area contributed by atoms with Gasteiger partial charge in [0.2, 0.25) is 5.95 Å². The third-order valence-corrected chi connectivity index (χ3v) is 5.96. The van der Waals surface area contributed by atoms with Crippen molar-refractivity contribution in [1.82, 2.24) is 14.8 Å². The van der Waals surface area contributed by atoms with Crippen molar-refractivity contribution in [1.29, 1.82) is 0 Å². The van der Waals surface area contributed by atoms with Gasteiger partial charge in [0.15, 0.2) is 17.3 Å². The second kappa shape index (κ2) is 9.95. The van der Waals surface area contributed by atoms with Crippen LogP contribution >= 0.6 is 0 Å². The van der Waals surface area contributed by atoms with Gasteiger partial charge >= 0.3 is 0 Å². The molecular weight excluding hydrogens is 454 g/mol. The molecule has 0 spiro atoms. The van der Waals surface area contributed by atoms with Gasteiger partial charge in [-0.2, -0.15) is 4.98 Å². The average molecular weight is 482 g/mol. The lowest BCUT2D eigenvalue weighted by Crippen LogP contribution is -2.31. The summed E-state index contributed by atoms with van der Waals surface area (Å²) in [5.74, 6) is 2.11. The Morgan fingerprint density at radius 1 is 1.03 bits per heavy atom. The van der Waals surface area contributed by atoms with Crippen LogP contribution in [0.4, 0.5) is 11.6 Å². The highest BCUT2D eigenvalue weighted by molar-refractivity contribution is 6.06. The van der Waals surface area contributed by atoms with Gasteiger partial charge < -0.3 is 20.1 Å². The van der Waals surface area contributed by atoms with Crippen LogP contribution in [-0.2, 0) is 4.79 Å². The Labute approximate surface area is 209 Å².